The quantitative estimate of drug-likeness (QED) is 0.614. The Hall–Kier alpha value is -2.48. The van der Waals surface area contributed by atoms with Crippen LogP contribution in [0, 0.1) is 0 Å². The number of benzene rings is 2. The van der Waals surface area contributed by atoms with Crippen LogP contribution in [0.3, 0.4) is 0 Å². The van der Waals surface area contributed by atoms with Gasteiger partial charge in [0, 0.05) is 12.1 Å². The maximum atomic E-state index is 12.6. The highest BCUT2D eigenvalue weighted by Crippen LogP contribution is 2.37. The van der Waals surface area contributed by atoms with Crippen LogP contribution in [0.5, 0.6) is 23.0 Å². The maximum absolute atomic E-state index is 12.6. The van der Waals surface area contributed by atoms with Crippen LogP contribution in [-0.2, 0) is 6.54 Å². The third-order valence-electron chi connectivity index (χ3n) is 5.16. The molecule has 0 spiro atoms. The molecule has 1 saturated carbocycles. The molecule has 0 saturated heterocycles. The monoisotopic (exact) mass is 436 g/mol. The highest BCUT2D eigenvalue weighted by Gasteiger charge is 2.25. The van der Waals surface area contributed by atoms with Gasteiger partial charge in [-0.1, -0.05) is 18.9 Å². The number of aliphatic hydroxyl groups is 1. The summed E-state index contributed by atoms with van der Waals surface area (Å²) in [6.45, 7) is 0.402. The highest BCUT2D eigenvalue weighted by atomic mass is 35.5. The smallest absolute Gasteiger partial charge is 0.251 e. The lowest BCUT2D eigenvalue weighted by atomic mass is 9.92. The number of methoxy groups -OCH3 is 2. The van der Waals surface area contributed by atoms with Crippen molar-refractivity contribution in [1.29, 1.82) is 0 Å². The fourth-order valence-electron chi connectivity index (χ4n) is 3.47. The maximum Gasteiger partial charge on any atom is 0.251 e. The number of nitrogens with two attached hydrogens (primary N) is 1. The predicted octanol–water partition coefficient (Wildman–Crippen LogP) is 3.41. The molecule has 4 N–H and O–H groups in total. The first-order chi connectivity index (χ1) is 14.0. The number of halogens is 1. The Balaban J connectivity index is 0.00000320. The van der Waals surface area contributed by atoms with Gasteiger partial charge in [-0.15, -0.1) is 12.4 Å². The summed E-state index contributed by atoms with van der Waals surface area (Å²) >= 11 is 0. The van der Waals surface area contributed by atoms with E-state index in [0.717, 1.165) is 24.8 Å². The topological polar surface area (TPSA) is 103 Å². The molecule has 3 rings (SSSR count). The first kappa shape index (κ1) is 23.8. The SMILES string of the molecule is COc1cc(CN)ccc1Oc1ccc(C(=O)N[C@@H]2CCCC[C@H]2O)cc1OC.Cl. The van der Waals surface area contributed by atoms with Gasteiger partial charge >= 0.3 is 0 Å². The van der Waals surface area contributed by atoms with Gasteiger partial charge in [0.1, 0.15) is 0 Å². The van der Waals surface area contributed by atoms with Gasteiger partial charge in [0.2, 0.25) is 0 Å². The molecule has 0 aromatic heterocycles. The van der Waals surface area contributed by atoms with Crippen LogP contribution in [0.4, 0.5) is 0 Å². The molecule has 2 aromatic carbocycles. The zero-order chi connectivity index (χ0) is 20.8. The summed E-state index contributed by atoms with van der Waals surface area (Å²) < 4.78 is 16.8. The van der Waals surface area contributed by atoms with Gasteiger partial charge in [-0.2, -0.15) is 0 Å². The summed E-state index contributed by atoms with van der Waals surface area (Å²) in [6.07, 6.45) is 2.99. The number of nitrogens with one attached hydrogen (secondary N) is 1. The Morgan fingerprint density at radius 1 is 1.03 bits per heavy atom. The van der Waals surface area contributed by atoms with Crippen molar-refractivity contribution in [1.82, 2.24) is 5.32 Å². The van der Waals surface area contributed by atoms with Crippen LogP contribution in [0.1, 0.15) is 41.6 Å². The molecule has 1 amide bonds. The van der Waals surface area contributed by atoms with E-state index in [9.17, 15) is 9.90 Å². The molecule has 164 valence electrons. The second-order valence-corrected chi connectivity index (χ2v) is 7.09. The van der Waals surface area contributed by atoms with Crippen molar-refractivity contribution < 1.29 is 24.1 Å². The largest absolute Gasteiger partial charge is 0.493 e. The van der Waals surface area contributed by atoms with Crippen molar-refractivity contribution in [2.45, 2.75) is 44.4 Å². The lowest BCUT2D eigenvalue weighted by Gasteiger charge is -2.28. The van der Waals surface area contributed by atoms with E-state index in [0.29, 0.717) is 41.5 Å². The van der Waals surface area contributed by atoms with E-state index in [1.165, 1.54) is 7.11 Å². The van der Waals surface area contributed by atoms with Crippen LogP contribution < -0.4 is 25.3 Å². The Morgan fingerprint density at radius 3 is 2.30 bits per heavy atom. The summed E-state index contributed by atoms with van der Waals surface area (Å²) in [7, 11) is 3.08. The minimum atomic E-state index is -0.499. The van der Waals surface area contributed by atoms with Crippen LogP contribution in [0.2, 0.25) is 0 Å². The van der Waals surface area contributed by atoms with Gasteiger partial charge in [0.15, 0.2) is 23.0 Å². The normalized spacial score (nSPS) is 18.1. The van der Waals surface area contributed by atoms with E-state index in [1.807, 2.05) is 12.1 Å². The van der Waals surface area contributed by atoms with Gasteiger partial charge in [-0.3, -0.25) is 4.79 Å². The second-order valence-electron chi connectivity index (χ2n) is 7.09. The third kappa shape index (κ3) is 5.56. The molecule has 2 atom stereocenters. The molecule has 0 heterocycles. The standard InChI is InChI=1S/C22H28N2O5.ClH/c1-27-20-11-14(13-23)7-9-18(20)29-19-10-8-15(12-21(19)28-2)22(26)24-16-5-3-4-6-17(16)25;/h7-12,16-17,25H,3-6,13,23H2,1-2H3,(H,24,26);1H/t16-,17-;/m1./s1. The highest BCUT2D eigenvalue weighted by molar-refractivity contribution is 5.95. The molecule has 0 bridgehead atoms. The first-order valence-corrected chi connectivity index (χ1v) is 9.77. The van der Waals surface area contributed by atoms with Crippen LogP contribution in [-0.4, -0.2) is 37.4 Å². The van der Waals surface area contributed by atoms with Crippen LogP contribution in [0.15, 0.2) is 36.4 Å². The van der Waals surface area contributed by atoms with E-state index in [4.69, 9.17) is 19.9 Å². The zero-order valence-electron chi connectivity index (χ0n) is 17.2. The van der Waals surface area contributed by atoms with Crippen molar-refractivity contribution in [2.24, 2.45) is 5.73 Å². The molecule has 0 unspecified atom stereocenters. The average molecular weight is 437 g/mol. The molecular formula is C22H29ClN2O5. The molecule has 0 radical (unpaired) electrons. The van der Waals surface area contributed by atoms with Crippen LogP contribution >= 0.6 is 12.4 Å². The van der Waals surface area contributed by atoms with E-state index in [-0.39, 0.29) is 24.4 Å². The average Bonchev–Trinajstić information content (AvgIpc) is 2.75. The molecule has 1 fully saturated rings. The fraction of sp³-hybridized carbons (Fsp3) is 0.409. The van der Waals surface area contributed by atoms with Crippen molar-refractivity contribution in [3.63, 3.8) is 0 Å². The molecule has 8 heteroatoms. The summed E-state index contributed by atoms with van der Waals surface area (Å²) in [5.74, 6) is 1.71. The minimum Gasteiger partial charge on any atom is -0.493 e. The summed E-state index contributed by atoms with van der Waals surface area (Å²) in [4.78, 5) is 12.6. The number of hydrogen-bond acceptors (Lipinski definition) is 6. The Morgan fingerprint density at radius 2 is 1.67 bits per heavy atom. The Kier molecular flexibility index (Phi) is 8.77. The van der Waals surface area contributed by atoms with Crippen molar-refractivity contribution in [2.75, 3.05) is 14.2 Å². The molecule has 1 aliphatic carbocycles. The second kappa shape index (κ2) is 11.1. The predicted molar refractivity (Wildman–Crippen MR) is 117 cm³/mol. The van der Waals surface area contributed by atoms with Gasteiger partial charge in [-0.05, 0) is 48.7 Å². The van der Waals surface area contributed by atoms with Gasteiger partial charge in [-0.25, -0.2) is 0 Å². The number of ether oxygens (including phenoxy) is 3. The molecule has 30 heavy (non-hydrogen) atoms. The number of aliphatic hydroxyl groups excluding tert-OH is 1. The Labute approximate surface area is 182 Å². The van der Waals surface area contributed by atoms with Crippen molar-refractivity contribution in [3.8, 4) is 23.0 Å². The fourth-order valence-corrected chi connectivity index (χ4v) is 3.47. The number of carbonyl (C=O) groups is 1. The van der Waals surface area contributed by atoms with Gasteiger partial charge in [0.25, 0.3) is 5.91 Å². The summed E-state index contributed by atoms with van der Waals surface area (Å²) in [5.41, 5.74) is 7.04. The summed E-state index contributed by atoms with van der Waals surface area (Å²) in [5, 5.41) is 13.0. The van der Waals surface area contributed by atoms with E-state index in [1.54, 1.807) is 31.4 Å². The van der Waals surface area contributed by atoms with E-state index < -0.39 is 6.10 Å². The number of rotatable bonds is 7. The van der Waals surface area contributed by atoms with E-state index >= 15 is 0 Å². The Bertz CT molecular complexity index is 861. The van der Waals surface area contributed by atoms with Gasteiger partial charge < -0.3 is 30.4 Å². The molecule has 7 nitrogen and oxygen atoms in total. The van der Waals surface area contributed by atoms with Crippen molar-refractivity contribution >= 4 is 18.3 Å². The molecule has 0 aliphatic heterocycles. The van der Waals surface area contributed by atoms with Gasteiger partial charge in [0.05, 0.1) is 26.4 Å². The van der Waals surface area contributed by atoms with E-state index in [2.05, 4.69) is 5.32 Å². The molecular weight excluding hydrogens is 408 g/mol. The van der Waals surface area contributed by atoms with Crippen LogP contribution in [0.25, 0.3) is 0 Å². The first-order valence-electron chi connectivity index (χ1n) is 9.77. The number of hydrogen-bond donors (Lipinski definition) is 3. The summed E-state index contributed by atoms with van der Waals surface area (Å²) in [6, 6.07) is 10.2. The zero-order valence-corrected chi connectivity index (χ0v) is 18.0. The number of carbonyl (C=O) groups excluding carboxylic acids is 1. The molecule has 2 aromatic rings. The lowest BCUT2D eigenvalue weighted by molar-refractivity contribution is 0.0717. The minimum absolute atomic E-state index is 0. The van der Waals surface area contributed by atoms with Crippen molar-refractivity contribution in [3.05, 3.63) is 47.5 Å². The third-order valence-corrected chi connectivity index (χ3v) is 5.16. The molecule has 1 aliphatic rings. The number of amides is 1. The lowest BCUT2D eigenvalue weighted by Crippen LogP contribution is -2.45.